The number of allylic oxidation sites excluding steroid dienone is 2. The van der Waals surface area contributed by atoms with Gasteiger partial charge in [-0.3, -0.25) is 18.2 Å². The highest BCUT2D eigenvalue weighted by atomic mass is 32.3. The van der Waals surface area contributed by atoms with Crippen molar-refractivity contribution in [2.75, 3.05) is 0 Å². The molecule has 0 radical (unpaired) electrons. The molecule has 0 saturated carbocycles. The monoisotopic (exact) mass is 1110 g/mol. The van der Waals surface area contributed by atoms with Gasteiger partial charge in [0.2, 0.25) is 0 Å². The summed E-state index contributed by atoms with van der Waals surface area (Å²) in [5, 5.41) is 10.7. The van der Waals surface area contributed by atoms with Gasteiger partial charge in [0.15, 0.2) is 0 Å². The van der Waals surface area contributed by atoms with Crippen LogP contribution in [0, 0.1) is 5.92 Å². The van der Waals surface area contributed by atoms with Gasteiger partial charge < -0.3 is 9.90 Å². The molecular weight excluding hydrogens is 1020 g/mol. The van der Waals surface area contributed by atoms with Gasteiger partial charge in [-0.1, -0.05) is 193 Å². The smallest absolute Gasteiger partial charge is 0.390 e. The summed E-state index contributed by atoms with van der Waals surface area (Å²) in [6.45, 7) is 4.19. The molecular formula is C50H98O18S4. The van der Waals surface area contributed by atoms with Crippen LogP contribution in [-0.2, 0) is 63.1 Å². The van der Waals surface area contributed by atoms with Gasteiger partial charge in [0.25, 0.3) is 0 Å². The topological polar surface area (TPSA) is 292 Å². The van der Waals surface area contributed by atoms with Crippen LogP contribution in [0.3, 0.4) is 0 Å². The second-order valence-electron chi connectivity index (χ2n) is 19.7. The van der Waals surface area contributed by atoms with Gasteiger partial charge in [0, 0.05) is 5.92 Å². The Kier molecular flexibility index (Phi) is 43.2. The first-order valence-corrected chi connectivity index (χ1v) is 32.9. The van der Waals surface area contributed by atoms with Crippen molar-refractivity contribution < 1.29 is 78.5 Å². The largest absolute Gasteiger partial charge is 0.397 e. The number of carbonyl (C=O) groups is 1. The number of hydrogen-bond donors (Lipinski definition) is 5. The number of unbranched alkanes of at least 4 members (excludes halogenated alkanes) is 22. The van der Waals surface area contributed by atoms with Crippen molar-refractivity contribution in [3.63, 3.8) is 0 Å². The molecule has 0 spiro atoms. The zero-order chi connectivity index (χ0) is 54.0. The number of aliphatic hydroxyl groups is 1. The summed E-state index contributed by atoms with van der Waals surface area (Å²) < 4.78 is 147. The minimum absolute atomic E-state index is 0.0816. The van der Waals surface area contributed by atoms with Crippen LogP contribution in [0.15, 0.2) is 12.2 Å². The van der Waals surface area contributed by atoms with E-state index in [9.17, 15) is 52.7 Å². The minimum atomic E-state index is -4.76. The van der Waals surface area contributed by atoms with Gasteiger partial charge in [0.1, 0.15) is 12.4 Å². The van der Waals surface area contributed by atoms with E-state index in [-0.39, 0.29) is 18.8 Å². The molecule has 0 fully saturated rings. The molecule has 22 heteroatoms. The summed E-state index contributed by atoms with van der Waals surface area (Å²) in [5.74, 6) is -0.0816. The second kappa shape index (κ2) is 43.9. The molecule has 0 aliphatic carbocycles. The highest BCUT2D eigenvalue weighted by Gasteiger charge is 2.25. The Labute approximate surface area is 437 Å². The quantitative estimate of drug-likeness (QED) is 0.0164. The van der Waals surface area contributed by atoms with E-state index < -0.39 is 72.1 Å². The fourth-order valence-electron chi connectivity index (χ4n) is 9.12. The van der Waals surface area contributed by atoms with Gasteiger partial charge >= 0.3 is 41.6 Å². The maximum absolute atomic E-state index is 11.8. The van der Waals surface area contributed by atoms with E-state index in [4.69, 9.17) is 25.8 Å². The summed E-state index contributed by atoms with van der Waals surface area (Å²) >= 11 is 0. The van der Waals surface area contributed by atoms with Crippen LogP contribution in [0.1, 0.15) is 264 Å². The van der Waals surface area contributed by atoms with Crippen LogP contribution < -0.4 is 0 Å². The highest BCUT2D eigenvalue weighted by Crippen LogP contribution is 2.23. The molecule has 0 unspecified atom stereocenters. The van der Waals surface area contributed by atoms with Crippen molar-refractivity contribution >= 4 is 47.9 Å². The van der Waals surface area contributed by atoms with Crippen LogP contribution in [0.25, 0.3) is 0 Å². The third kappa shape index (κ3) is 49.7. The van der Waals surface area contributed by atoms with Crippen molar-refractivity contribution in [1.82, 2.24) is 0 Å². The maximum Gasteiger partial charge on any atom is 0.397 e. The Morgan fingerprint density at radius 3 is 0.958 bits per heavy atom. The van der Waals surface area contributed by atoms with Crippen molar-refractivity contribution in [1.29, 1.82) is 0 Å². The van der Waals surface area contributed by atoms with E-state index in [0.717, 1.165) is 186 Å². The summed E-state index contributed by atoms with van der Waals surface area (Å²) in [6, 6.07) is 0. The lowest BCUT2D eigenvalue weighted by Crippen LogP contribution is -2.31. The first kappa shape index (κ1) is 70.8. The summed E-state index contributed by atoms with van der Waals surface area (Å²) in [4.78, 5) is 11.8. The van der Waals surface area contributed by atoms with Crippen LogP contribution >= 0.6 is 0 Å². The van der Waals surface area contributed by atoms with E-state index >= 15 is 0 Å². The molecule has 5 N–H and O–H groups in total. The zero-order valence-electron chi connectivity index (χ0n) is 43.9. The third-order valence-electron chi connectivity index (χ3n) is 13.1. The average Bonchev–Trinajstić information content (AvgIpc) is 3.28. The van der Waals surface area contributed by atoms with Crippen molar-refractivity contribution in [2.24, 2.45) is 5.92 Å². The number of hydrogen-bond acceptors (Lipinski definition) is 14. The van der Waals surface area contributed by atoms with Crippen LogP contribution in [0.2, 0.25) is 0 Å². The van der Waals surface area contributed by atoms with Gasteiger partial charge in [-0.2, -0.15) is 33.7 Å². The fraction of sp³-hybridized carbons (Fsp3) is 0.940. The molecule has 0 bridgehead atoms. The predicted molar refractivity (Wildman–Crippen MR) is 282 cm³/mol. The van der Waals surface area contributed by atoms with Gasteiger partial charge in [-0.25, -0.2) is 16.7 Å². The van der Waals surface area contributed by atoms with Crippen molar-refractivity contribution in [3.8, 4) is 0 Å². The molecule has 0 heterocycles. The number of carbonyl (C=O) groups excluding carboxylic acids is 1. The third-order valence-corrected chi connectivity index (χ3v) is 15.1. The Bertz CT molecular complexity index is 1780. The van der Waals surface area contributed by atoms with E-state index in [1.54, 1.807) is 0 Å². The number of aldehydes is 1. The molecule has 72 heavy (non-hydrogen) atoms. The SMILES string of the molecule is CCCCCC[C@H](CCCCCCCCC[C@H](CCCCC[C@@H](C=O)CCCC/C=C/CC[C@H](O)[C@@H](CCCCCCCCC[C@H](CCCCCC)OS(=O)(=O)O)OS(=O)(=O)O)OS(=O)(=O)O)OS(=O)(=O)O. The molecule has 18 nitrogen and oxygen atoms in total. The molecule has 430 valence electrons. The molecule has 0 rings (SSSR count). The molecule has 0 aromatic carbocycles. The second-order valence-corrected chi connectivity index (χ2v) is 23.9. The number of rotatable bonds is 54. The molecule has 0 aromatic heterocycles. The lowest BCUT2D eigenvalue weighted by molar-refractivity contribution is -0.111. The van der Waals surface area contributed by atoms with E-state index in [1.807, 2.05) is 12.2 Å². The average molecular weight is 1120 g/mol. The van der Waals surface area contributed by atoms with E-state index in [1.165, 1.54) is 0 Å². The molecule has 0 aromatic rings. The summed E-state index contributed by atoms with van der Waals surface area (Å²) in [7, 11) is -18.3. The Balaban J connectivity index is 4.37. The summed E-state index contributed by atoms with van der Waals surface area (Å²) in [6.07, 6.45) is 31.5. The Morgan fingerprint density at radius 2 is 0.625 bits per heavy atom. The van der Waals surface area contributed by atoms with Gasteiger partial charge in [0.05, 0.1) is 24.4 Å². The molecule has 0 aliphatic rings. The van der Waals surface area contributed by atoms with E-state index in [2.05, 4.69) is 13.8 Å². The lowest BCUT2D eigenvalue weighted by Gasteiger charge is -2.21. The normalized spacial score (nSPS) is 15.4. The van der Waals surface area contributed by atoms with Crippen molar-refractivity contribution in [2.45, 2.75) is 295 Å². The Hall–Kier alpha value is -1.15. The highest BCUT2D eigenvalue weighted by molar-refractivity contribution is 7.81. The zero-order valence-corrected chi connectivity index (χ0v) is 47.2. The molecule has 6 atom stereocenters. The van der Waals surface area contributed by atoms with Crippen LogP contribution in [0.4, 0.5) is 0 Å². The predicted octanol–water partition coefficient (Wildman–Crippen LogP) is 12.7. The van der Waals surface area contributed by atoms with E-state index in [0.29, 0.717) is 57.8 Å². The first-order chi connectivity index (χ1) is 34.1. The molecule has 0 saturated heterocycles. The summed E-state index contributed by atoms with van der Waals surface area (Å²) in [5.41, 5.74) is 0. The van der Waals surface area contributed by atoms with Crippen molar-refractivity contribution in [3.05, 3.63) is 12.2 Å². The Morgan fingerprint density at radius 1 is 0.347 bits per heavy atom. The van der Waals surface area contributed by atoms with Gasteiger partial charge in [-0.15, -0.1) is 0 Å². The lowest BCUT2D eigenvalue weighted by atomic mass is 9.95. The van der Waals surface area contributed by atoms with Crippen LogP contribution in [-0.4, -0.2) is 93.8 Å². The fourth-order valence-corrected chi connectivity index (χ4v) is 11.3. The maximum atomic E-state index is 11.8. The molecule has 0 aliphatic heterocycles. The van der Waals surface area contributed by atoms with Crippen LogP contribution in [0.5, 0.6) is 0 Å². The first-order valence-electron chi connectivity index (χ1n) is 27.5. The molecule has 0 amide bonds. The number of aliphatic hydroxyl groups excluding tert-OH is 1. The van der Waals surface area contributed by atoms with Gasteiger partial charge in [-0.05, 0) is 83.5 Å². The minimum Gasteiger partial charge on any atom is -0.390 e. The standard InChI is InChI=1S/C50H98O18S4/c1-3-5-7-26-36-46(65-69(53,54)55)38-28-18-11-9-12-19-30-40-48(67-71(59,60)61)41-31-23-25-35-45(44-51)34-24-17-15-16-21-32-42-49(52)50(68-72(62,63)64)43-33-22-14-10-13-20-29-39-47(66-70(56,57)58)37-27-8-6-4-2/h16,21,44-50,52H,3-15,17-20,22-43H2,1-2H3,(H,53,54,55)(H,56,57,58)(H,59,60,61)(H,62,63,64)/b21-16+/t45-,46+,47-,48+,49-,50+/m0/s1.